The Morgan fingerprint density at radius 2 is 1.85 bits per heavy atom. The number of amides is 1. The number of halogens is 3. The van der Waals surface area contributed by atoms with Crippen molar-refractivity contribution in [3.05, 3.63) is 81.3 Å². The number of nitrogens with zero attached hydrogens (tertiary/aromatic N) is 2. The third kappa shape index (κ3) is 4.20. The lowest BCUT2D eigenvalue weighted by atomic mass is 10.1. The van der Waals surface area contributed by atoms with Crippen LogP contribution in [0.15, 0.2) is 64.1 Å². The second-order valence-electron chi connectivity index (χ2n) is 5.42. The van der Waals surface area contributed by atoms with E-state index < -0.39 is 17.3 Å². The van der Waals surface area contributed by atoms with Gasteiger partial charge in [-0.15, -0.1) is 0 Å². The topological polar surface area (TPSA) is 64.0 Å². The summed E-state index contributed by atoms with van der Waals surface area (Å²) in [7, 11) is 0. The first-order valence-electron chi connectivity index (χ1n) is 7.50. The zero-order valence-electron chi connectivity index (χ0n) is 13.2. The zero-order valence-corrected chi connectivity index (χ0v) is 14.8. The molecule has 3 rings (SSSR count). The molecule has 1 amide bonds. The number of rotatable bonds is 4. The first-order valence-corrected chi connectivity index (χ1v) is 8.29. The summed E-state index contributed by atoms with van der Waals surface area (Å²) in [6.45, 7) is -0.314. The van der Waals surface area contributed by atoms with E-state index in [0.29, 0.717) is 15.7 Å². The Kier molecular flexibility index (Phi) is 5.22. The van der Waals surface area contributed by atoms with Gasteiger partial charge in [0, 0.05) is 16.1 Å². The zero-order chi connectivity index (χ0) is 18.7. The molecule has 0 atom stereocenters. The molecule has 5 nitrogen and oxygen atoms in total. The van der Waals surface area contributed by atoms with Crippen molar-refractivity contribution in [2.45, 2.75) is 6.54 Å². The average molecular weight is 420 g/mol. The summed E-state index contributed by atoms with van der Waals surface area (Å²) in [6.07, 6.45) is 1.22. The van der Waals surface area contributed by atoms with Gasteiger partial charge < -0.3 is 5.32 Å². The summed E-state index contributed by atoms with van der Waals surface area (Å²) in [5, 5.41) is 2.40. The number of carbonyl (C=O) groups excluding carboxylic acids is 1. The fourth-order valence-electron chi connectivity index (χ4n) is 2.26. The highest BCUT2D eigenvalue weighted by atomic mass is 79.9. The number of hydrogen-bond acceptors (Lipinski definition) is 3. The molecule has 0 aliphatic carbocycles. The molecule has 1 aromatic heterocycles. The molecule has 8 heteroatoms. The van der Waals surface area contributed by atoms with Crippen LogP contribution < -0.4 is 10.9 Å². The number of nitrogens with one attached hydrogen (secondary N) is 1. The van der Waals surface area contributed by atoms with Crippen molar-refractivity contribution in [3.8, 4) is 11.3 Å². The maximum absolute atomic E-state index is 13.7. The predicted molar refractivity (Wildman–Crippen MR) is 96.6 cm³/mol. The largest absolute Gasteiger partial charge is 0.322 e. The molecule has 26 heavy (non-hydrogen) atoms. The van der Waals surface area contributed by atoms with Crippen molar-refractivity contribution in [2.75, 3.05) is 5.32 Å². The Labute approximate surface area is 155 Å². The van der Waals surface area contributed by atoms with E-state index in [4.69, 9.17) is 0 Å². The second-order valence-corrected chi connectivity index (χ2v) is 6.34. The highest BCUT2D eigenvalue weighted by Crippen LogP contribution is 2.19. The molecular weight excluding hydrogens is 408 g/mol. The standard InChI is InChI=1S/C18H12BrF2N3O2/c19-12-3-6-15(14(21)7-12)23-17(25)9-24-10-22-16(8-18(24)26)11-1-4-13(20)5-2-11/h1-8,10H,9H2,(H,23,25). The second kappa shape index (κ2) is 7.57. The van der Waals surface area contributed by atoms with Gasteiger partial charge >= 0.3 is 0 Å². The maximum atomic E-state index is 13.7. The molecular formula is C18H12BrF2N3O2. The summed E-state index contributed by atoms with van der Waals surface area (Å²) in [5.41, 5.74) is 0.510. The minimum atomic E-state index is -0.593. The Morgan fingerprint density at radius 3 is 2.50 bits per heavy atom. The Morgan fingerprint density at radius 1 is 1.12 bits per heavy atom. The monoisotopic (exact) mass is 419 g/mol. The van der Waals surface area contributed by atoms with Crippen molar-refractivity contribution in [2.24, 2.45) is 0 Å². The van der Waals surface area contributed by atoms with Crippen molar-refractivity contribution < 1.29 is 13.6 Å². The Hall–Kier alpha value is -2.87. The van der Waals surface area contributed by atoms with Gasteiger partial charge in [0.1, 0.15) is 18.2 Å². The van der Waals surface area contributed by atoms with Crippen LogP contribution in [-0.2, 0) is 11.3 Å². The fourth-order valence-corrected chi connectivity index (χ4v) is 2.59. The fraction of sp³-hybridized carbons (Fsp3) is 0.0556. The predicted octanol–water partition coefficient (Wildman–Crippen LogP) is 3.59. The van der Waals surface area contributed by atoms with E-state index >= 15 is 0 Å². The van der Waals surface area contributed by atoms with Gasteiger partial charge in [-0.1, -0.05) is 15.9 Å². The van der Waals surface area contributed by atoms with Gasteiger partial charge in [-0.3, -0.25) is 14.2 Å². The lowest BCUT2D eigenvalue weighted by molar-refractivity contribution is -0.116. The minimum Gasteiger partial charge on any atom is -0.322 e. The smallest absolute Gasteiger partial charge is 0.254 e. The van der Waals surface area contributed by atoms with E-state index in [1.165, 1.54) is 48.8 Å². The van der Waals surface area contributed by atoms with Crippen LogP contribution in [-0.4, -0.2) is 15.5 Å². The van der Waals surface area contributed by atoms with Crippen molar-refractivity contribution in [3.63, 3.8) is 0 Å². The van der Waals surface area contributed by atoms with Crippen LogP contribution in [0.2, 0.25) is 0 Å². The minimum absolute atomic E-state index is 0.0159. The van der Waals surface area contributed by atoms with Gasteiger partial charge in [-0.25, -0.2) is 13.8 Å². The Bertz CT molecular complexity index is 1020. The third-order valence-electron chi connectivity index (χ3n) is 3.54. The number of aromatic nitrogens is 2. The van der Waals surface area contributed by atoms with Gasteiger partial charge in [-0.2, -0.15) is 0 Å². The van der Waals surface area contributed by atoms with Crippen LogP contribution in [0.4, 0.5) is 14.5 Å². The molecule has 132 valence electrons. The van der Waals surface area contributed by atoms with Crippen molar-refractivity contribution in [1.82, 2.24) is 9.55 Å². The third-order valence-corrected chi connectivity index (χ3v) is 4.03. The molecule has 0 radical (unpaired) electrons. The summed E-state index contributed by atoms with van der Waals surface area (Å²) in [4.78, 5) is 28.3. The van der Waals surface area contributed by atoms with Gasteiger partial charge in [-0.05, 0) is 42.5 Å². The van der Waals surface area contributed by atoms with E-state index in [0.717, 1.165) is 4.57 Å². The van der Waals surface area contributed by atoms with E-state index in [2.05, 4.69) is 26.2 Å². The number of benzene rings is 2. The molecule has 0 saturated heterocycles. The van der Waals surface area contributed by atoms with E-state index in [-0.39, 0.29) is 18.0 Å². The quantitative estimate of drug-likeness (QED) is 0.702. The molecule has 0 spiro atoms. The van der Waals surface area contributed by atoms with Crippen molar-refractivity contribution in [1.29, 1.82) is 0 Å². The molecule has 0 unspecified atom stereocenters. The van der Waals surface area contributed by atoms with E-state index in [1.54, 1.807) is 6.07 Å². The van der Waals surface area contributed by atoms with Crippen LogP contribution in [0, 0.1) is 11.6 Å². The van der Waals surface area contributed by atoms with E-state index in [9.17, 15) is 18.4 Å². The molecule has 0 aliphatic heterocycles. The van der Waals surface area contributed by atoms with E-state index in [1.807, 2.05) is 0 Å². The molecule has 0 aliphatic rings. The molecule has 2 aromatic carbocycles. The SMILES string of the molecule is O=C(Cn1cnc(-c2ccc(F)cc2)cc1=O)Nc1ccc(Br)cc1F. The summed E-state index contributed by atoms with van der Waals surface area (Å²) >= 11 is 3.13. The van der Waals surface area contributed by atoms with Crippen molar-refractivity contribution >= 4 is 27.5 Å². The van der Waals surface area contributed by atoms with Crippen LogP contribution in [0.1, 0.15) is 0 Å². The summed E-state index contributed by atoms with van der Waals surface area (Å²) in [5.74, 6) is -1.55. The molecule has 0 fully saturated rings. The maximum Gasteiger partial charge on any atom is 0.254 e. The summed E-state index contributed by atoms with van der Waals surface area (Å²) < 4.78 is 28.3. The normalized spacial score (nSPS) is 10.6. The molecule has 0 saturated carbocycles. The first-order chi connectivity index (χ1) is 12.4. The Balaban J connectivity index is 1.74. The molecule has 3 aromatic rings. The molecule has 1 N–H and O–H groups in total. The van der Waals surface area contributed by atoms with Gasteiger partial charge in [0.25, 0.3) is 5.56 Å². The van der Waals surface area contributed by atoms with Gasteiger partial charge in [0.15, 0.2) is 0 Å². The molecule has 0 bridgehead atoms. The highest BCUT2D eigenvalue weighted by molar-refractivity contribution is 9.10. The highest BCUT2D eigenvalue weighted by Gasteiger charge is 2.10. The number of anilines is 1. The van der Waals surface area contributed by atoms with Crippen LogP contribution in [0.3, 0.4) is 0 Å². The number of hydrogen-bond donors (Lipinski definition) is 1. The molecule has 1 heterocycles. The lowest BCUT2D eigenvalue weighted by Gasteiger charge is -2.09. The van der Waals surface area contributed by atoms with Gasteiger partial charge in [0.05, 0.1) is 17.7 Å². The average Bonchev–Trinajstić information content (AvgIpc) is 2.60. The summed E-state index contributed by atoms with van der Waals surface area (Å²) in [6, 6.07) is 11.0. The number of carbonyl (C=O) groups is 1. The first kappa shape index (κ1) is 17.9. The van der Waals surface area contributed by atoms with Crippen LogP contribution >= 0.6 is 15.9 Å². The lowest BCUT2D eigenvalue weighted by Crippen LogP contribution is -2.27. The van der Waals surface area contributed by atoms with Crippen LogP contribution in [0.5, 0.6) is 0 Å². The van der Waals surface area contributed by atoms with Crippen LogP contribution in [0.25, 0.3) is 11.3 Å². The van der Waals surface area contributed by atoms with Gasteiger partial charge in [0.2, 0.25) is 5.91 Å².